The van der Waals surface area contributed by atoms with Crippen molar-refractivity contribution in [2.75, 3.05) is 6.54 Å². The van der Waals surface area contributed by atoms with Crippen LogP contribution in [0, 0.1) is 0 Å². The molecule has 0 saturated heterocycles. The van der Waals surface area contributed by atoms with Gasteiger partial charge in [0.05, 0.1) is 0 Å². The van der Waals surface area contributed by atoms with Crippen molar-refractivity contribution in [2.45, 2.75) is 6.92 Å². The molecule has 0 fully saturated rings. The summed E-state index contributed by atoms with van der Waals surface area (Å²) in [5.41, 5.74) is 7.32. The lowest BCUT2D eigenvalue weighted by Crippen LogP contribution is -2.07. The largest absolute Gasteiger partial charge is 0.362 e. The summed E-state index contributed by atoms with van der Waals surface area (Å²) in [4.78, 5) is 0. The Morgan fingerprint density at radius 1 is 1.43 bits per heavy atom. The first-order chi connectivity index (χ1) is 6.79. The number of hydrogen-bond donors (Lipinski definition) is 2. The third kappa shape index (κ3) is 4.48. The molecule has 2 nitrogen and oxygen atoms in total. The van der Waals surface area contributed by atoms with Gasteiger partial charge in [-0.1, -0.05) is 43.5 Å². The van der Waals surface area contributed by atoms with Crippen LogP contribution in [0.2, 0.25) is 0 Å². The molecule has 0 unspecified atom stereocenters. The van der Waals surface area contributed by atoms with Gasteiger partial charge >= 0.3 is 0 Å². The molecule has 0 saturated carbocycles. The Morgan fingerprint density at radius 3 is 2.57 bits per heavy atom. The smallest absolute Gasteiger partial charge is 0.0409 e. The van der Waals surface area contributed by atoms with E-state index in [1.807, 2.05) is 31.4 Å². The van der Waals surface area contributed by atoms with Crippen LogP contribution in [0.15, 0.2) is 61.0 Å². The molecular weight excluding hydrogens is 172 g/mol. The molecule has 0 atom stereocenters. The maximum atomic E-state index is 5.33. The van der Waals surface area contributed by atoms with Crippen molar-refractivity contribution in [1.82, 2.24) is 5.32 Å². The minimum Gasteiger partial charge on any atom is -0.362 e. The van der Waals surface area contributed by atoms with Gasteiger partial charge in [-0.2, -0.15) is 0 Å². The number of nitrogens with one attached hydrogen (secondary N) is 1. The zero-order valence-corrected chi connectivity index (χ0v) is 8.66. The first-order valence-electron chi connectivity index (χ1n) is 4.53. The summed E-state index contributed by atoms with van der Waals surface area (Å²) in [7, 11) is 0. The molecule has 0 aliphatic rings. The van der Waals surface area contributed by atoms with Gasteiger partial charge < -0.3 is 11.1 Å². The van der Waals surface area contributed by atoms with Crippen molar-refractivity contribution in [2.24, 2.45) is 5.73 Å². The molecule has 2 heteroatoms. The maximum Gasteiger partial charge on any atom is 0.0409 e. The summed E-state index contributed by atoms with van der Waals surface area (Å²) in [6.45, 7) is 9.86. The molecule has 0 aliphatic carbocycles. The van der Waals surface area contributed by atoms with Crippen LogP contribution < -0.4 is 11.1 Å². The third-order valence-corrected chi connectivity index (χ3v) is 1.61. The van der Waals surface area contributed by atoms with Crippen molar-refractivity contribution < 1.29 is 0 Å². The van der Waals surface area contributed by atoms with E-state index in [0.717, 1.165) is 11.3 Å². The second-order valence-electron chi connectivity index (χ2n) is 2.55. The standard InChI is InChI=1S/C12H18N2/c1-4-8-11(5-2)12(6-3)14-10-7-9-13/h4-8,10,14H,1-2,9,13H2,3H3/b10-7-,11-8-,12-6+. The predicted molar refractivity (Wildman–Crippen MR) is 63.6 cm³/mol. The van der Waals surface area contributed by atoms with Gasteiger partial charge in [-0.3, -0.25) is 0 Å². The average molecular weight is 190 g/mol. The van der Waals surface area contributed by atoms with Gasteiger partial charge in [0.2, 0.25) is 0 Å². The highest BCUT2D eigenvalue weighted by atomic mass is 14.8. The molecule has 0 aromatic heterocycles. The molecule has 0 aromatic carbocycles. The summed E-state index contributed by atoms with van der Waals surface area (Å²) in [5, 5.41) is 3.12. The van der Waals surface area contributed by atoms with Crippen LogP contribution in [0.3, 0.4) is 0 Å². The average Bonchev–Trinajstić information content (AvgIpc) is 2.22. The van der Waals surface area contributed by atoms with E-state index in [4.69, 9.17) is 5.73 Å². The topological polar surface area (TPSA) is 38.0 Å². The van der Waals surface area contributed by atoms with E-state index in [2.05, 4.69) is 18.5 Å². The molecule has 0 aliphatic heterocycles. The number of hydrogen-bond acceptors (Lipinski definition) is 2. The van der Waals surface area contributed by atoms with Crippen LogP contribution in [-0.4, -0.2) is 6.54 Å². The number of allylic oxidation sites excluding steroid dienone is 4. The van der Waals surface area contributed by atoms with E-state index in [0.29, 0.717) is 6.54 Å². The van der Waals surface area contributed by atoms with Gasteiger partial charge in [0, 0.05) is 12.2 Å². The highest BCUT2D eigenvalue weighted by Crippen LogP contribution is 2.07. The van der Waals surface area contributed by atoms with Crippen LogP contribution in [-0.2, 0) is 0 Å². The van der Waals surface area contributed by atoms with Crippen LogP contribution in [0.1, 0.15) is 6.92 Å². The van der Waals surface area contributed by atoms with E-state index >= 15 is 0 Å². The third-order valence-electron chi connectivity index (χ3n) is 1.61. The number of rotatable bonds is 6. The normalized spacial score (nSPS) is 13.0. The van der Waals surface area contributed by atoms with Gasteiger partial charge in [0.15, 0.2) is 0 Å². The van der Waals surface area contributed by atoms with Gasteiger partial charge in [-0.15, -0.1) is 0 Å². The minimum atomic E-state index is 0.526. The molecule has 0 bridgehead atoms. The lowest BCUT2D eigenvalue weighted by Gasteiger charge is -2.06. The fourth-order valence-electron chi connectivity index (χ4n) is 0.945. The van der Waals surface area contributed by atoms with Gasteiger partial charge in [-0.25, -0.2) is 0 Å². The summed E-state index contributed by atoms with van der Waals surface area (Å²) in [6, 6.07) is 0. The Bertz CT molecular complexity index is 270. The molecule has 76 valence electrons. The molecule has 0 spiro atoms. The van der Waals surface area contributed by atoms with Crippen molar-refractivity contribution in [1.29, 1.82) is 0 Å². The van der Waals surface area contributed by atoms with Crippen molar-refractivity contribution >= 4 is 0 Å². The second kappa shape index (κ2) is 8.08. The van der Waals surface area contributed by atoms with E-state index in [-0.39, 0.29) is 0 Å². The van der Waals surface area contributed by atoms with Crippen molar-refractivity contribution in [3.63, 3.8) is 0 Å². The minimum absolute atomic E-state index is 0.526. The lowest BCUT2D eigenvalue weighted by molar-refractivity contribution is 1.06. The summed E-state index contributed by atoms with van der Waals surface area (Å²) in [6.07, 6.45) is 11.0. The summed E-state index contributed by atoms with van der Waals surface area (Å²) in [5.74, 6) is 0. The fourth-order valence-corrected chi connectivity index (χ4v) is 0.945. The van der Waals surface area contributed by atoms with Crippen LogP contribution in [0.5, 0.6) is 0 Å². The molecule has 14 heavy (non-hydrogen) atoms. The summed E-state index contributed by atoms with van der Waals surface area (Å²) >= 11 is 0. The van der Waals surface area contributed by atoms with E-state index in [9.17, 15) is 0 Å². The molecule has 0 amide bonds. The molecule has 0 aromatic rings. The first kappa shape index (κ1) is 12.5. The monoisotopic (exact) mass is 190 g/mol. The molecule has 0 heterocycles. The fraction of sp³-hybridized carbons (Fsp3) is 0.167. The maximum absolute atomic E-state index is 5.33. The van der Waals surface area contributed by atoms with E-state index in [1.54, 1.807) is 12.2 Å². The van der Waals surface area contributed by atoms with E-state index in [1.165, 1.54) is 0 Å². The Kier molecular flexibility index (Phi) is 7.19. The molecule has 0 radical (unpaired) electrons. The Morgan fingerprint density at radius 2 is 2.14 bits per heavy atom. The van der Waals surface area contributed by atoms with Gasteiger partial charge in [0.1, 0.15) is 0 Å². The molecule has 3 N–H and O–H groups in total. The zero-order valence-electron chi connectivity index (χ0n) is 8.66. The second-order valence-corrected chi connectivity index (χ2v) is 2.55. The Balaban J connectivity index is 4.55. The number of nitrogens with two attached hydrogens (primary N) is 1. The Hall–Kier alpha value is -1.54. The van der Waals surface area contributed by atoms with Crippen molar-refractivity contribution in [3.05, 3.63) is 61.0 Å². The lowest BCUT2D eigenvalue weighted by atomic mass is 10.1. The predicted octanol–water partition coefficient (Wildman–Crippen LogP) is 2.25. The molecule has 0 rings (SSSR count). The van der Waals surface area contributed by atoms with Gasteiger partial charge in [0.25, 0.3) is 0 Å². The Labute approximate surface area is 86.2 Å². The quantitative estimate of drug-likeness (QED) is 0.630. The van der Waals surface area contributed by atoms with Crippen LogP contribution in [0.4, 0.5) is 0 Å². The SMILES string of the molecule is C=C/C=C(C=C)\C(=C/C)N/C=C\CN. The van der Waals surface area contributed by atoms with E-state index < -0.39 is 0 Å². The highest BCUT2D eigenvalue weighted by molar-refractivity contribution is 5.40. The van der Waals surface area contributed by atoms with Crippen LogP contribution >= 0.6 is 0 Å². The highest BCUT2D eigenvalue weighted by Gasteiger charge is 1.95. The summed E-state index contributed by atoms with van der Waals surface area (Å²) < 4.78 is 0. The van der Waals surface area contributed by atoms with Crippen LogP contribution in [0.25, 0.3) is 0 Å². The van der Waals surface area contributed by atoms with Gasteiger partial charge in [-0.05, 0) is 18.7 Å². The molecular formula is C12H18N2. The zero-order chi connectivity index (χ0) is 10.8. The first-order valence-corrected chi connectivity index (χ1v) is 4.53. The van der Waals surface area contributed by atoms with Crippen molar-refractivity contribution in [3.8, 4) is 0 Å².